The number of nitrogens with zero attached hydrogens (tertiary/aromatic N) is 5. The molecule has 1 saturated carbocycles. The lowest BCUT2D eigenvalue weighted by Gasteiger charge is -2.15. The van der Waals surface area contributed by atoms with Crippen molar-refractivity contribution in [1.29, 1.82) is 0 Å². The molecule has 4 heterocycles. The van der Waals surface area contributed by atoms with Gasteiger partial charge in [0.2, 0.25) is 5.95 Å². The Hall–Kier alpha value is -4.15. The van der Waals surface area contributed by atoms with E-state index in [4.69, 9.17) is 0 Å². The largest absolute Gasteiger partial charge is 0.432 e. The third-order valence-electron chi connectivity index (χ3n) is 5.66. The molecular formula is C23H21F2N7O2. The second kappa shape index (κ2) is 9.38. The number of alkyl halides is 2. The van der Waals surface area contributed by atoms with E-state index in [1.165, 1.54) is 16.8 Å². The highest BCUT2D eigenvalue weighted by Crippen LogP contribution is 2.25. The maximum Gasteiger partial charge on any atom is 0.387 e. The lowest BCUT2D eigenvalue weighted by molar-refractivity contribution is -0.0503. The maximum atomic E-state index is 12.8. The lowest BCUT2D eigenvalue weighted by Crippen LogP contribution is -2.22. The molecule has 4 aromatic rings. The molecule has 0 saturated heterocycles. The Morgan fingerprint density at radius 1 is 0.941 bits per heavy atom. The smallest absolute Gasteiger partial charge is 0.387 e. The highest BCUT2D eigenvalue weighted by atomic mass is 19.3. The second-order valence-electron chi connectivity index (χ2n) is 7.95. The molecule has 11 heteroatoms. The van der Waals surface area contributed by atoms with E-state index < -0.39 is 6.61 Å². The van der Waals surface area contributed by atoms with Gasteiger partial charge in [-0.25, -0.2) is 19.9 Å². The van der Waals surface area contributed by atoms with Crippen molar-refractivity contribution in [2.75, 3.05) is 10.6 Å². The van der Waals surface area contributed by atoms with E-state index in [0.717, 1.165) is 19.3 Å². The van der Waals surface area contributed by atoms with Crippen LogP contribution in [-0.4, -0.2) is 43.0 Å². The van der Waals surface area contributed by atoms with Crippen molar-refractivity contribution < 1.29 is 13.5 Å². The van der Waals surface area contributed by atoms with Crippen LogP contribution in [0.1, 0.15) is 19.3 Å². The van der Waals surface area contributed by atoms with Gasteiger partial charge in [0.05, 0.1) is 18.0 Å². The monoisotopic (exact) mass is 465 g/mol. The zero-order chi connectivity index (χ0) is 23.5. The Balaban J connectivity index is 1.19. The van der Waals surface area contributed by atoms with Crippen molar-refractivity contribution in [2.24, 2.45) is 0 Å². The fraction of sp³-hybridized carbons (Fsp3) is 0.261. The standard InChI is InChI=1S/C23H21F2N7O2/c24-22(25)34-17-11-28-23(29-12-17)31-16-6-5-15(9-16)30-19-7-4-14(10-26-19)18-13-27-20-3-1-2-8-32(20)21(18)33/h1-4,7-8,10-13,15-16,22H,5-6,9H2,(H,26,30)(H,28,29,31)/t15-,16-/m0/s1. The average Bonchev–Trinajstić information content (AvgIpc) is 3.28. The first-order valence-corrected chi connectivity index (χ1v) is 10.8. The quantitative estimate of drug-likeness (QED) is 0.427. The molecule has 174 valence electrons. The van der Waals surface area contributed by atoms with Gasteiger partial charge in [-0.3, -0.25) is 9.20 Å². The van der Waals surface area contributed by atoms with Crippen LogP contribution in [0.3, 0.4) is 0 Å². The topological polar surface area (TPSA) is 106 Å². The summed E-state index contributed by atoms with van der Waals surface area (Å²) in [6, 6.07) is 9.44. The second-order valence-corrected chi connectivity index (χ2v) is 7.95. The fourth-order valence-electron chi connectivity index (χ4n) is 4.05. The summed E-state index contributed by atoms with van der Waals surface area (Å²) in [7, 11) is 0. The molecule has 9 nitrogen and oxygen atoms in total. The Labute approximate surface area is 192 Å². The number of hydrogen-bond donors (Lipinski definition) is 2. The molecule has 0 unspecified atom stereocenters. The number of nitrogens with one attached hydrogen (secondary N) is 2. The van der Waals surface area contributed by atoms with Gasteiger partial charge >= 0.3 is 6.61 Å². The van der Waals surface area contributed by atoms with Crippen LogP contribution in [0.5, 0.6) is 5.75 Å². The SMILES string of the molecule is O=c1c(-c2ccc(N[C@H]3CC[C@H](Nc4ncc(OC(F)F)cn4)C3)nc2)cnc2ccccn12. The van der Waals surface area contributed by atoms with Crippen LogP contribution < -0.4 is 20.9 Å². The molecule has 0 amide bonds. The molecule has 1 aliphatic carbocycles. The van der Waals surface area contributed by atoms with E-state index in [-0.39, 0.29) is 23.4 Å². The fourth-order valence-corrected chi connectivity index (χ4v) is 4.05. The Bertz CT molecular complexity index is 1330. The third-order valence-corrected chi connectivity index (χ3v) is 5.66. The number of anilines is 2. The van der Waals surface area contributed by atoms with Crippen molar-refractivity contribution in [1.82, 2.24) is 24.3 Å². The van der Waals surface area contributed by atoms with Gasteiger partial charge in [0, 0.05) is 36.2 Å². The summed E-state index contributed by atoms with van der Waals surface area (Å²) >= 11 is 0. The summed E-state index contributed by atoms with van der Waals surface area (Å²) in [6.07, 6.45) is 10.00. The van der Waals surface area contributed by atoms with Crippen LogP contribution in [0.15, 0.2) is 66.1 Å². The number of ether oxygens (including phenoxy) is 1. The predicted molar refractivity (Wildman–Crippen MR) is 122 cm³/mol. The van der Waals surface area contributed by atoms with Crippen molar-refractivity contribution in [2.45, 2.75) is 38.0 Å². The molecule has 0 bridgehead atoms. The van der Waals surface area contributed by atoms with Crippen LogP contribution in [0.25, 0.3) is 16.8 Å². The number of fused-ring (bicyclic) bond motifs is 1. The van der Waals surface area contributed by atoms with Gasteiger partial charge < -0.3 is 15.4 Å². The molecule has 34 heavy (non-hydrogen) atoms. The molecule has 0 aromatic carbocycles. The molecule has 0 radical (unpaired) electrons. The number of hydrogen-bond acceptors (Lipinski definition) is 8. The summed E-state index contributed by atoms with van der Waals surface area (Å²) in [4.78, 5) is 29.6. The number of aromatic nitrogens is 5. The molecule has 1 aliphatic rings. The van der Waals surface area contributed by atoms with Crippen molar-refractivity contribution >= 4 is 17.4 Å². The molecule has 1 fully saturated rings. The van der Waals surface area contributed by atoms with E-state index in [1.54, 1.807) is 30.7 Å². The summed E-state index contributed by atoms with van der Waals surface area (Å²) in [5.74, 6) is 1.00. The van der Waals surface area contributed by atoms with Gasteiger partial charge in [0.1, 0.15) is 11.5 Å². The molecule has 4 aromatic heterocycles. The third kappa shape index (κ3) is 4.77. The number of rotatable bonds is 7. The maximum absolute atomic E-state index is 12.8. The van der Waals surface area contributed by atoms with E-state index in [1.807, 2.05) is 18.2 Å². The van der Waals surface area contributed by atoms with Crippen LogP contribution in [0, 0.1) is 0 Å². The minimum atomic E-state index is -2.91. The highest BCUT2D eigenvalue weighted by Gasteiger charge is 2.25. The van der Waals surface area contributed by atoms with Gasteiger partial charge in [-0.2, -0.15) is 8.78 Å². The molecular weight excluding hydrogens is 444 g/mol. The lowest BCUT2D eigenvalue weighted by atomic mass is 10.1. The van der Waals surface area contributed by atoms with Crippen LogP contribution in [0.4, 0.5) is 20.5 Å². The van der Waals surface area contributed by atoms with Gasteiger partial charge in [0.25, 0.3) is 5.56 Å². The van der Waals surface area contributed by atoms with E-state index in [9.17, 15) is 13.6 Å². The summed E-state index contributed by atoms with van der Waals surface area (Å²) in [5, 5.41) is 6.63. The molecule has 2 N–H and O–H groups in total. The van der Waals surface area contributed by atoms with Gasteiger partial charge in [-0.05, 0) is 43.5 Å². The van der Waals surface area contributed by atoms with Gasteiger partial charge in [-0.15, -0.1) is 0 Å². The average molecular weight is 465 g/mol. The van der Waals surface area contributed by atoms with Crippen LogP contribution in [-0.2, 0) is 0 Å². The Morgan fingerprint density at radius 2 is 1.74 bits per heavy atom. The number of halogens is 2. The molecule has 0 spiro atoms. The first-order chi connectivity index (χ1) is 16.5. The summed E-state index contributed by atoms with van der Waals surface area (Å²) < 4.78 is 30.2. The van der Waals surface area contributed by atoms with E-state index in [2.05, 4.69) is 35.3 Å². The highest BCUT2D eigenvalue weighted by molar-refractivity contribution is 5.63. The van der Waals surface area contributed by atoms with Gasteiger partial charge in [0.15, 0.2) is 5.75 Å². The van der Waals surface area contributed by atoms with Crippen molar-refractivity contribution in [3.63, 3.8) is 0 Å². The minimum Gasteiger partial charge on any atom is -0.432 e. The van der Waals surface area contributed by atoms with Gasteiger partial charge in [-0.1, -0.05) is 6.07 Å². The first-order valence-electron chi connectivity index (χ1n) is 10.8. The van der Waals surface area contributed by atoms with Crippen molar-refractivity contribution in [3.05, 3.63) is 71.7 Å². The molecule has 2 atom stereocenters. The van der Waals surface area contributed by atoms with Crippen LogP contribution >= 0.6 is 0 Å². The first kappa shape index (κ1) is 21.7. The minimum absolute atomic E-state index is 0.0804. The summed E-state index contributed by atoms with van der Waals surface area (Å²) in [6.45, 7) is -2.91. The van der Waals surface area contributed by atoms with E-state index in [0.29, 0.717) is 28.5 Å². The predicted octanol–water partition coefficient (Wildman–Crippen LogP) is 3.59. The zero-order valence-corrected chi connectivity index (χ0v) is 17.9. The normalized spacial score (nSPS) is 17.7. The molecule has 5 rings (SSSR count). The van der Waals surface area contributed by atoms with Crippen molar-refractivity contribution in [3.8, 4) is 16.9 Å². The number of pyridine rings is 2. The van der Waals surface area contributed by atoms with Crippen LogP contribution in [0.2, 0.25) is 0 Å². The zero-order valence-electron chi connectivity index (χ0n) is 17.9. The molecule has 0 aliphatic heterocycles. The Morgan fingerprint density at radius 3 is 2.47 bits per heavy atom. The summed E-state index contributed by atoms with van der Waals surface area (Å²) in [5.41, 5.74) is 1.63. The Kier molecular flexibility index (Phi) is 5.98. The van der Waals surface area contributed by atoms with E-state index >= 15 is 0 Å².